The van der Waals surface area contributed by atoms with Crippen molar-refractivity contribution in [2.24, 2.45) is 0 Å². The van der Waals surface area contributed by atoms with E-state index in [9.17, 15) is 13.2 Å². The summed E-state index contributed by atoms with van der Waals surface area (Å²) in [5, 5.41) is 3.12. The summed E-state index contributed by atoms with van der Waals surface area (Å²) in [5.74, 6) is -2.19. The lowest BCUT2D eigenvalue weighted by Crippen LogP contribution is -2.14. The summed E-state index contributed by atoms with van der Waals surface area (Å²) >= 11 is 0. The minimum Gasteiger partial charge on any atom is -0.313 e. The smallest absolute Gasteiger partial charge is 0.159 e. The molecule has 0 fully saturated rings. The van der Waals surface area contributed by atoms with Gasteiger partial charge in [0.15, 0.2) is 11.6 Å². The molecule has 1 N–H and O–H groups in total. The van der Waals surface area contributed by atoms with Crippen LogP contribution < -0.4 is 5.32 Å². The van der Waals surface area contributed by atoms with Crippen LogP contribution in [0.4, 0.5) is 13.2 Å². The average Bonchev–Trinajstić information content (AvgIpc) is 2.44. The maximum atomic E-state index is 13.9. The number of benzene rings is 2. The molecule has 0 atom stereocenters. The molecule has 4 heteroatoms. The Morgan fingerprint density at radius 1 is 0.850 bits per heavy atom. The zero-order valence-electron chi connectivity index (χ0n) is 11.2. The Labute approximate surface area is 116 Å². The van der Waals surface area contributed by atoms with E-state index in [0.717, 1.165) is 25.1 Å². The largest absolute Gasteiger partial charge is 0.313 e. The molecule has 106 valence electrons. The molecule has 0 spiro atoms. The zero-order chi connectivity index (χ0) is 14.5. The molecule has 0 aliphatic rings. The summed E-state index contributed by atoms with van der Waals surface area (Å²) in [4.78, 5) is 0. The minimum absolute atomic E-state index is 0.351. The van der Waals surface area contributed by atoms with E-state index in [4.69, 9.17) is 0 Å². The number of hydrogen-bond acceptors (Lipinski definition) is 1. The third-order valence-corrected chi connectivity index (χ3v) is 3.05. The van der Waals surface area contributed by atoms with Gasteiger partial charge >= 0.3 is 0 Å². The highest BCUT2D eigenvalue weighted by Gasteiger charge is 2.08. The monoisotopic (exact) mass is 279 g/mol. The van der Waals surface area contributed by atoms with Crippen LogP contribution in [0.25, 0.3) is 11.1 Å². The highest BCUT2D eigenvalue weighted by Crippen LogP contribution is 2.23. The van der Waals surface area contributed by atoms with Gasteiger partial charge in [0.25, 0.3) is 0 Å². The van der Waals surface area contributed by atoms with Crippen molar-refractivity contribution in [3.8, 4) is 11.1 Å². The second kappa shape index (κ2) is 6.57. The standard InChI is InChI=1S/C16H16F3N/c1-2-7-20-10-13-4-3-11(8-15(13)18)12-5-6-14(17)16(19)9-12/h3-6,8-9,20H,2,7,10H2,1H3. The first-order valence-electron chi connectivity index (χ1n) is 6.56. The van der Waals surface area contributed by atoms with Crippen LogP contribution in [0.15, 0.2) is 36.4 Å². The maximum absolute atomic E-state index is 13.9. The fourth-order valence-electron chi connectivity index (χ4n) is 1.95. The zero-order valence-corrected chi connectivity index (χ0v) is 11.2. The van der Waals surface area contributed by atoms with E-state index in [1.165, 1.54) is 12.1 Å². The van der Waals surface area contributed by atoms with Gasteiger partial charge in [-0.05, 0) is 42.3 Å². The van der Waals surface area contributed by atoms with Crippen LogP contribution in [-0.4, -0.2) is 6.54 Å². The minimum atomic E-state index is -0.934. The lowest BCUT2D eigenvalue weighted by Gasteiger charge is -2.08. The van der Waals surface area contributed by atoms with E-state index >= 15 is 0 Å². The first-order valence-corrected chi connectivity index (χ1v) is 6.56. The Morgan fingerprint density at radius 2 is 1.50 bits per heavy atom. The van der Waals surface area contributed by atoms with Crippen molar-refractivity contribution < 1.29 is 13.2 Å². The fourth-order valence-corrected chi connectivity index (χ4v) is 1.95. The molecule has 2 rings (SSSR count). The summed E-state index contributed by atoms with van der Waals surface area (Å²) in [6.45, 7) is 3.32. The topological polar surface area (TPSA) is 12.0 Å². The molecule has 0 unspecified atom stereocenters. The first kappa shape index (κ1) is 14.6. The van der Waals surface area contributed by atoms with Gasteiger partial charge in [0, 0.05) is 12.1 Å². The van der Waals surface area contributed by atoms with Crippen molar-refractivity contribution in [2.45, 2.75) is 19.9 Å². The fraction of sp³-hybridized carbons (Fsp3) is 0.250. The summed E-state index contributed by atoms with van der Waals surface area (Å²) in [6.07, 6.45) is 0.981. The molecule has 0 saturated heterocycles. The molecule has 0 radical (unpaired) electrons. The molecule has 2 aromatic rings. The molecule has 0 heterocycles. The number of rotatable bonds is 5. The number of nitrogens with one attached hydrogen (secondary N) is 1. The second-order valence-corrected chi connectivity index (χ2v) is 4.61. The van der Waals surface area contributed by atoms with E-state index < -0.39 is 11.6 Å². The third kappa shape index (κ3) is 3.39. The van der Waals surface area contributed by atoms with Gasteiger partial charge in [-0.3, -0.25) is 0 Å². The van der Waals surface area contributed by atoms with Crippen LogP contribution in [0.2, 0.25) is 0 Å². The van der Waals surface area contributed by atoms with Crippen molar-refractivity contribution in [3.05, 3.63) is 59.4 Å². The van der Waals surface area contributed by atoms with E-state index in [1.54, 1.807) is 12.1 Å². The Bertz CT molecular complexity index is 596. The molecule has 0 bridgehead atoms. The van der Waals surface area contributed by atoms with Gasteiger partial charge in [0.1, 0.15) is 5.82 Å². The molecular weight excluding hydrogens is 263 g/mol. The average molecular weight is 279 g/mol. The summed E-state index contributed by atoms with van der Waals surface area (Å²) < 4.78 is 40.0. The van der Waals surface area contributed by atoms with Gasteiger partial charge in [0.05, 0.1) is 0 Å². The van der Waals surface area contributed by atoms with E-state index in [0.29, 0.717) is 23.2 Å². The Balaban J connectivity index is 2.21. The SMILES string of the molecule is CCCNCc1ccc(-c2ccc(F)c(F)c2)cc1F. The number of hydrogen-bond donors (Lipinski definition) is 1. The van der Waals surface area contributed by atoms with Crippen molar-refractivity contribution in [1.82, 2.24) is 5.32 Å². The predicted octanol–water partition coefficient (Wildman–Crippen LogP) is 4.27. The third-order valence-electron chi connectivity index (χ3n) is 3.05. The van der Waals surface area contributed by atoms with Gasteiger partial charge in [-0.15, -0.1) is 0 Å². The van der Waals surface area contributed by atoms with Crippen LogP contribution >= 0.6 is 0 Å². The molecule has 20 heavy (non-hydrogen) atoms. The van der Waals surface area contributed by atoms with E-state index in [2.05, 4.69) is 5.32 Å². The summed E-state index contributed by atoms with van der Waals surface area (Å²) in [5.41, 5.74) is 1.54. The van der Waals surface area contributed by atoms with Gasteiger partial charge in [-0.1, -0.05) is 25.1 Å². The summed E-state index contributed by atoms with van der Waals surface area (Å²) in [6, 6.07) is 8.25. The lowest BCUT2D eigenvalue weighted by molar-refractivity contribution is 0.509. The second-order valence-electron chi connectivity index (χ2n) is 4.61. The van der Waals surface area contributed by atoms with E-state index in [1.807, 2.05) is 6.92 Å². The van der Waals surface area contributed by atoms with Crippen molar-refractivity contribution in [2.75, 3.05) is 6.54 Å². The Kier molecular flexibility index (Phi) is 4.79. The van der Waals surface area contributed by atoms with Crippen molar-refractivity contribution >= 4 is 0 Å². The highest BCUT2D eigenvalue weighted by molar-refractivity contribution is 5.63. The molecule has 0 aromatic heterocycles. The van der Waals surface area contributed by atoms with Crippen LogP contribution in [0.5, 0.6) is 0 Å². The molecule has 1 nitrogen and oxygen atoms in total. The quantitative estimate of drug-likeness (QED) is 0.806. The molecule has 2 aromatic carbocycles. The molecule has 0 amide bonds. The first-order chi connectivity index (χ1) is 9.61. The van der Waals surface area contributed by atoms with Crippen molar-refractivity contribution in [3.63, 3.8) is 0 Å². The predicted molar refractivity (Wildman–Crippen MR) is 73.7 cm³/mol. The van der Waals surface area contributed by atoms with Crippen LogP contribution in [0, 0.1) is 17.5 Å². The maximum Gasteiger partial charge on any atom is 0.159 e. The normalized spacial score (nSPS) is 10.8. The van der Waals surface area contributed by atoms with Crippen molar-refractivity contribution in [1.29, 1.82) is 0 Å². The van der Waals surface area contributed by atoms with Gasteiger partial charge in [-0.25, -0.2) is 13.2 Å². The molecule has 0 aliphatic heterocycles. The lowest BCUT2D eigenvalue weighted by atomic mass is 10.0. The van der Waals surface area contributed by atoms with E-state index in [-0.39, 0.29) is 5.82 Å². The van der Waals surface area contributed by atoms with Gasteiger partial charge < -0.3 is 5.32 Å². The highest BCUT2D eigenvalue weighted by atomic mass is 19.2. The van der Waals surface area contributed by atoms with Crippen LogP contribution in [-0.2, 0) is 6.54 Å². The Morgan fingerprint density at radius 3 is 2.10 bits per heavy atom. The summed E-state index contributed by atoms with van der Waals surface area (Å²) in [7, 11) is 0. The molecule has 0 aliphatic carbocycles. The molecule has 0 saturated carbocycles. The van der Waals surface area contributed by atoms with Gasteiger partial charge in [-0.2, -0.15) is 0 Å². The van der Waals surface area contributed by atoms with Crippen LogP contribution in [0.3, 0.4) is 0 Å². The Hall–Kier alpha value is -1.81. The number of halogens is 3. The molecular formula is C16H16F3N. The van der Waals surface area contributed by atoms with Gasteiger partial charge in [0.2, 0.25) is 0 Å². The van der Waals surface area contributed by atoms with Crippen LogP contribution in [0.1, 0.15) is 18.9 Å².